The first-order valence-electron chi connectivity index (χ1n) is 6.59. The summed E-state index contributed by atoms with van der Waals surface area (Å²) in [5, 5.41) is 13.6. The van der Waals surface area contributed by atoms with Crippen molar-refractivity contribution in [3.05, 3.63) is 29.3 Å². The Bertz CT molecular complexity index is 739. The van der Waals surface area contributed by atoms with Crippen molar-refractivity contribution in [1.82, 2.24) is 9.88 Å². The van der Waals surface area contributed by atoms with Gasteiger partial charge in [0.15, 0.2) is 0 Å². The van der Waals surface area contributed by atoms with E-state index in [2.05, 4.69) is 5.32 Å². The maximum absolute atomic E-state index is 12.4. The molecule has 0 unspecified atom stereocenters. The quantitative estimate of drug-likeness (QED) is 0.750. The average molecular weight is 289 g/mol. The van der Waals surface area contributed by atoms with Gasteiger partial charge in [0.05, 0.1) is 5.52 Å². The number of carbonyl (C=O) groups excluding carboxylic acids is 2. The van der Waals surface area contributed by atoms with E-state index in [1.807, 2.05) is 20.8 Å². The molecule has 4 N–H and O–H groups in total. The van der Waals surface area contributed by atoms with Crippen LogP contribution in [0, 0.1) is 6.92 Å². The van der Waals surface area contributed by atoms with Crippen LogP contribution in [0.4, 0.5) is 4.79 Å². The van der Waals surface area contributed by atoms with Crippen molar-refractivity contribution in [2.45, 2.75) is 33.2 Å². The molecule has 21 heavy (non-hydrogen) atoms. The second-order valence-corrected chi connectivity index (χ2v) is 6.05. The van der Waals surface area contributed by atoms with Crippen molar-refractivity contribution in [2.75, 3.05) is 0 Å². The van der Waals surface area contributed by atoms with Crippen LogP contribution in [0.2, 0.25) is 0 Å². The van der Waals surface area contributed by atoms with Gasteiger partial charge < -0.3 is 16.2 Å². The van der Waals surface area contributed by atoms with Gasteiger partial charge in [0.2, 0.25) is 5.88 Å². The van der Waals surface area contributed by atoms with E-state index in [-0.39, 0.29) is 5.56 Å². The number of hydrogen-bond acceptors (Lipinski definition) is 3. The maximum Gasteiger partial charge on any atom is 0.326 e. The van der Waals surface area contributed by atoms with Gasteiger partial charge in [-0.05, 0) is 39.3 Å². The standard InChI is InChI=1S/C15H19N3O3/c1-8-6-5-7-9-10(8)11(12(19)17-15(2,3)4)13(20)18(9)14(16)21/h5-7,20H,1-4H3,(H2,16,21)(H,17,19). The number of nitrogens with two attached hydrogens (primary N) is 1. The molecule has 2 amide bonds. The fourth-order valence-corrected chi connectivity index (χ4v) is 2.34. The lowest BCUT2D eigenvalue weighted by molar-refractivity contribution is 0.0918. The minimum Gasteiger partial charge on any atom is -0.494 e. The number of hydrogen-bond donors (Lipinski definition) is 3. The molecule has 6 heteroatoms. The van der Waals surface area contributed by atoms with Crippen LogP contribution in [-0.4, -0.2) is 27.2 Å². The predicted molar refractivity (Wildman–Crippen MR) is 80.5 cm³/mol. The molecule has 2 rings (SSSR count). The summed E-state index contributed by atoms with van der Waals surface area (Å²) in [5.74, 6) is -0.882. The summed E-state index contributed by atoms with van der Waals surface area (Å²) in [4.78, 5) is 24.0. The largest absolute Gasteiger partial charge is 0.494 e. The van der Waals surface area contributed by atoms with Crippen LogP contribution < -0.4 is 11.1 Å². The second kappa shape index (κ2) is 4.80. The molecule has 6 nitrogen and oxygen atoms in total. The monoisotopic (exact) mass is 289 g/mol. The third-order valence-corrected chi connectivity index (χ3v) is 3.11. The van der Waals surface area contributed by atoms with Gasteiger partial charge >= 0.3 is 6.03 Å². The summed E-state index contributed by atoms with van der Waals surface area (Å²) < 4.78 is 0.944. The number of carbonyl (C=O) groups is 2. The van der Waals surface area contributed by atoms with E-state index in [1.54, 1.807) is 25.1 Å². The number of aromatic nitrogens is 1. The minimum atomic E-state index is -0.835. The zero-order valence-electron chi connectivity index (χ0n) is 12.5. The third-order valence-electron chi connectivity index (χ3n) is 3.11. The molecular weight excluding hydrogens is 270 g/mol. The number of amides is 2. The van der Waals surface area contributed by atoms with E-state index in [9.17, 15) is 14.7 Å². The van der Waals surface area contributed by atoms with Gasteiger partial charge in [-0.2, -0.15) is 0 Å². The Hall–Kier alpha value is -2.50. The molecule has 0 radical (unpaired) electrons. The summed E-state index contributed by atoms with van der Waals surface area (Å²) in [7, 11) is 0. The zero-order valence-corrected chi connectivity index (χ0v) is 12.5. The first kappa shape index (κ1) is 14.9. The predicted octanol–water partition coefficient (Wildman–Crippen LogP) is 2.11. The number of aryl methyl sites for hydroxylation is 1. The number of primary amides is 1. The molecule has 0 aliphatic carbocycles. The van der Waals surface area contributed by atoms with Crippen molar-refractivity contribution in [3.8, 4) is 5.88 Å². The highest BCUT2D eigenvalue weighted by atomic mass is 16.3. The fraction of sp³-hybridized carbons (Fsp3) is 0.333. The molecule has 0 saturated heterocycles. The van der Waals surface area contributed by atoms with Crippen LogP contribution >= 0.6 is 0 Å². The summed E-state index contributed by atoms with van der Waals surface area (Å²) in [6.45, 7) is 7.31. The molecular formula is C15H19N3O3. The van der Waals surface area contributed by atoms with Crippen LogP contribution in [-0.2, 0) is 0 Å². The van der Waals surface area contributed by atoms with Gasteiger partial charge in [0.1, 0.15) is 5.56 Å². The molecule has 0 spiro atoms. The topological polar surface area (TPSA) is 97.3 Å². The Balaban J connectivity index is 2.77. The van der Waals surface area contributed by atoms with Crippen molar-refractivity contribution in [1.29, 1.82) is 0 Å². The first-order chi connectivity index (χ1) is 9.63. The van der Waals surface area contributed by atoms with E-state index in [0.717, 1.165) is 10.1 Å². The van der Waals surface area contributed by atoms with Gasteiger partial charge in [0, 0.05) is 10.9 Å². The number of benzene rings is 1. The number of rotatable bonds is 1. The Kier molecular flexibility index (Phi) is 3.41. The molecule has 0 aliphatic heterocycles. The second-order valence-electron chi connectivity index (χ2n) is 6.05. The summed E-state index contributed by atoms with van der Waals surface area (Å²) in [5.41, 5.74) is 6.10. The van der Waals surface area contributed by atoms with Gasteiger partial charge in [-0.1, -0.05) is 12.1 Å². The summed E-state index contributed by atoms with van der Waals surface area (Å²) >= 11 is 0. The number of nitrogens with one attached hydrogen (secondary N) is 1. The van der Waals surface area contributed by atoms with E-state index >= 15 is 0 Å². The van der Waals surface area contributed by atoms with Crippen molar-refractivity contribution in [2.24, 2.45) is 5.73 Å². The Morgan fingerprint density at radius 3 is 2.43 bits per heavy atom. The van der Waals surface area contributed by atoms with Gasteiger partial charge in [-0.25, -0.2) is 9.36 Å². The Morgan fingerprint density at radius 2 is 1.90 bits per heavy atom. The first-order valence-corrected chi connectivity index (χ1v) is 6.59. The molecule has 0 aliphatic rings. The van der Waals surface area contributed by atoms with Crippen molar-refractivity contribution >= 4 is 22.8 Å². The highest BCUT2D eigenvalue weighted by Crippen LogP contribution is 2.33. The lowest BCUT2D eigenvalue weighted by atomic mass is 10.0. The molecule has 0 atom stereocenters. The smallest absolute Gasteiger partial charge is 0.326 e. The highest BCUT2D eigenvalue weighted by molar-refractivity contribution is 6.13. The van der Waals surface area contributed by atoms with Crippen LogP contribution in [0.25, 0.3) is 10.9 Å². The van der Waals surface area contributed by atoms with E-state index in [0.29, 0.717) is 10.9 Å². The van der Waals surface area contributed by atoms with E-state index in [4.69, 9.17) is 5.73 Å². The average Bonchev–Trinajstić information content (AvgIpc) is 2.60. The van der Waals surface area contributed by atoms with Crippen LogP contribution in [0.3, 0.4) is 0 Å². The van der Waals surface area contributed by atoms with Gasteiger partial charge in [0.25, 0.3) is 5.91 Å². The third kappa shape index (κ3) is 2.56. The molecule has 0 bridgehead atoms. The van der Waals surface area contributed by atoms with Crippen LogP contribution in [0.15, 0.2) is 18.2 Å². The Morgan fingerprint density at radius 1 is 1.29 bits per heavy atom. The van der Waals surface area contributed by atoms with Crippen molar-refractivity contribution in [3.63, 3.8) is 0 Å². The van der Waals surface area contributed by atoms with Gasteiger partial charge in [-0.15, -0.1) is 0 Å². The SMILES string of the molecule is Cc1cccc2c1c(C(=O)NC(C)(C)C)c(O)n2C(N)=O. The molecule has 0 fully saturated rings. The van der Waals surface area contributed by atoms with Gasteiger partial charge in [-0.3, -0.25) is 4.79 Å². The molecule has 1 heterocycles. The highest BCUT2D eigenvalue weighted by Gasteiger charge is 2.27. The summed E-state index contributed by atoms with van der Waals surface area (Å²) in [6.07, 6.45) is 0. The summed E-state index contributed by atoms with van der Waals surface area (Å²) in [6, 6.07) is 4.35. The lowest BCUT2D eigenvalue weighted by Crippen LogP contribution is -2.40. The van der Waals surface area contributed by atoms with E-state index in [1.165, 1.54) is 0 Å². The normalized spacial score (nSPS) is 11.6. The van der Waals surface area contributed by atoms with Crippen LogP contribution in [0.5, 0.6) is 5.88 Å². The number of aromatic hydroxyl groups is 1. The number of nitrogens with zero attached hydrogens (tertiary/aromatic N) is 1. The fourth-order valence-electron chi connectivity index (χ4n) is 2.34. The molecule has 112 valence electrons. The maximum atomic E-state index is 12.4. The number of fused-ring (bicyclic) bond motifs is 1. The van der Waals surface area contributed by atoms with Crippen LogP contribution in [0.1, 0.15) is 36.7 Å². The van der Waals surface area contributed by atoms with Crippen molar-refractivity contribution < 1.29 is 14.7 Å². The molecule has 0 saturated carbocycles. The minimum absolute atomic E-state index is 0.0665. The lowest BCUT2D eigenvalue weighted by Gasteiger charge is -2.20. The molecule has 2 aromatic rings. The zero-order chi connectivity index (χ0) is 15.9. The molecule has 1 aromatic carbocycles. The molecule has 1 aromatic heterocycles. The Labute approximate surface area is 122 Å². The van der Waals surface area contributed by atoms with E-state index < -0.39 is 23.4 Å².